The predicted octanol–water partition coefficient (Wildman–Crippen LogP) is 3.84. The molecule has 31 heavy (non-hydrogen) atoms. The van der Waals surface area contributed by atoms with Gasteiger partial charge in [0.05, 0.1) is 14.2 Å². The lowest BCUT2D eigenvalue weighted by Crippen LogP contribution is -2.28. The number of halogens is 1. The molecule has 3 aromatic rings. The molecule has 1 N–H and O–H groups in total. The minimum absolute atomic E-state index is 0.0266. The standard InChI is InChI=1S/C22H20FN3O5/c1-13(21(27)29-2)24-19-12-18(22(28)30-3)25-20(26-19)14-4-8-16(9-5-14)31-17-10-6-15(23)7-11-17/h4-13H,1-3H3,(H,24,25,26). The lowest BCUT2D eigenvalue weighted by molar-refractivity contribution is -0.141. The van der Waals surface area contributed by atoms with E-state index in [-0.39, 0.29) is 23.2 Å². The molecule has 2 aromatic carbocycles. The molecular formula is C22H20FN3O5. The second-order valence-corrected chi connectivity index (χ2v) is 6.42. The third-order valence-electron chi connectivity index (χ3n) is 4.20. The highest BCUT2D eigenvalue weighted by Gasteiger charge is 2.18. The van der Waals surface area contributed by atoms with Crippen LogP contribution >= 0.6 is 0 Å². The number of methoxy groups -OCH3 is 2. The zero-order valence-electron chi connectivity index (χ0n) is 17.1. The van der Waals surface area contributed by atoms with Crippen molar-refractivity contribution in [3.05, 3.63) is 66.1 Å². The molecule has 0 aliphatic heterocycles. The quantitative estimate of drug-likeness (QED) is 0.570. The van der Waals surface area contributed by atoms with E-state index in [9.17, 15) is 14.0 Å². The topological polar surface area (TPSA) is 99.6 Å². The van der Waals surface area contributed by atoms with Crippen molar-refractivity contribution < 1.29 is 28.2 Å². The van der Waals surface area contributed by atoms with E-state index in [1.807, 2.05) is 0 Å². The fourth-order valence-corrected chi connectivity index (χ4v) is 2.63. The van der Waals surface area contributed by atoms with Gasteiger partial charge in [0.25, 0.3) is 0 Å². The number of rotatable bonds is 7. The molecule has 0 spiro atoms. The van der Waals surface area contributed by atoms with E-state index in [1.165, 1.54) is 44.6 Å². The SMILES string of the molecule is COC(=O)c1cc(NC(C)C(=O)OC)nc(-c2ccc(Oc3ccc(F)cc3)cc2)n1. The highest BCUT2D eigenvalue weighted by Crippen LogP contribution is 2.25. The van der Waals surface area contributed by atoms with Gasteiger partial charge in [0, 0.05) is 11.6 Å². The zero-order chi connectivity index (χ0) is 22.4. The number of carbonyl (C=O) groups excluding carboxylic acids is 2. The summed E-state index contributed by atoms with van der Waals surface area (Å²) < 4.78 is 28.1. The van der Waals surface area contributed by atoms with Gasteiger partial charge in [0.2, 0.25) is 0 Å². The average Bonchev–Trinajstić information content (AvgIpc) is 2.79. The average molecular weight is 425 g/mol. The van der Waals surface area contributed by atoms with Gasteiger partial charge in [0.1, 0.15) is 29.2 Å². The van der Waals surface area contributed by atoms with Crippen molar-refractivity contribution in [3.8, 4) is 22.9 Å². The number of hydrogen-bond donors (Lipinski definition) is 1. The van der Waals surface area contributed by atoms with Crippen molar-refractivity contribution >= 4 is 17.8 Å². The molecule has 0 fully saturated rings. The van der Waals surface area contributed by atoms with Gasteiger partial charge in [-0.3, -0.25) is 0 Å². The minimum Gasteiger partial charge on any atom is -0.467 e. The van der Waals surface area contributed by atoms with Gasteiger partial charge < -0.3 is 19.5 Å². The number of anilines is 1. The first-order valence-electron chi connectivity index (χ1n) is 9.25. The van der Waals surface area contributed by atoms with Crippen LogP contribution in [-0.2, 0) is 14.3 Å². The monoisotopic (exact) mass is 425 g/mol. The predicted molar refractivity (Wildman–Crippen MR) is 110 cm³/mol. The molecule has 0 saturated heterocycles. The summed E-state index contributed by atoms with van der Waals surface area (Å²) in [5, 5.41) is 2.88. The van der Waals surface area contributed by atoms with Crippen LogP contribution in [0.3, 0.4) is 0 Å². The van der Waals surface area contributed by atoms with Gasteiger partial charge in [-0.1, -0.05) is 0 Å². The van der Waals surface area contributed by atoms with Crippen molar-refractivity contribution in [1.82, 2.24) is 9.97 Å². The fraction of sp³-hybridized carbons (Fsp3) is 0.182. The second kappa shape index (κ2) is 9.66. The molecule has 0 radical (unpaired) electrons. The Morgan fingerprint density at radius 2 is 1.55 bits per heavy atom. The largest absolute Gasteiger partial charge is 0.467 e. The number of hydrogen-bond acceptors (Lipinski definition) is 8. The third-order valence-corrected chi connectivity index (χ3v) is 4.20. The Bertz CT molecular complexity index is 1070. The number of ether oxygens (including phenoxy) is 3. The summed E-state index contributed by atoms with van der Waals surface area (Å²) in [7, 11) is 2.53. The molecule has 9 heteroatoms. The number of benzene rings is 2. The summed E-state index contributed by atoms with van der Waals surface area (Å²) in [4.78, 5) is 32.4. The van der Waals surface area contributed by atoms with E-state index >= 15 is 0 Å². The Balaban J connectivity index is 1.87. The van der Waals surface area contributed by atoms with Crippen LogP contribution in [0.5, 0.6) is 11.5 Å². The van der Waals surface area contributed by atoms with Crippen molar-refractivity contribution in [2.75, 3.05) is 19.5 Å². The molecule has 8 nitrogen and oxygen atoms in total. The Hall–Kier alpha value is -4.01. The molecule has 1 heterocycles. The highest BCUT2D eigenvalue weighted by atomic mass is 19.1. The van der Waals surface area contributed by atoms with E-state index < -0.39 is 18.0 Å². The first-order chi connectivity index (χ1) is 14.9. The van der Waals surface area contributed by atoms with Crippen LogP contribution in [0, 0.1) is 5.82 Å². The van der Waals surface area contributed by atoms with Gasteiger partial charge in [-0.25, -0.2) is 23.9 Å². The number of nitrogens with zero attached hydrogens (tertiary/aromatic N) is 2. The molecular weight excluding hydrogens is 405 g/mol. The Labute approximate surface area is 178 Å². The molecule has 0 saturated carbocycles. The Morgan fingerprint density at radius 3 is 2.13 bits per heavy atom. The minimum atomic E-state index is -0.690. The van der Waals surface area contributed by atoms with Crippen LogP contribution in [0.1, 0.15) is 17.4 Å². The van der Waals surface area contributed by atoms with Crippen LogP contribution in [0.15, 0.2) is 54.6 Å². The zero-order valence-corrected chi connectivity index (χ0v) is 17.1. The molecule has 1 atom stereocenters. The van der Waals surface area contributed by atoms with Crippen molar-refractivity contribution in [2.45, 2.75) is 13.0 Å². The molecule has 160 valence electrons. The van der Waals surface area contributed by atoms with Gasteiger partial charge in [-0.2, -0.15) is 0 Å². The van der Waals surface area contributed by atoms with Crippen LogP contribution in [-0.4, -0.2) is 42.2 Å². The molecule has 0 bridgehead atoms. The van der Waals surface area contributed by atoms with Gasteiger partial charge in [-0.05, 0) is 55.5 Å². The first-order valence-corrected chi connectivity index (χ1v) is 9.25. The summed E-state index contributed by atoms with van der Waals surface area (Å²) in [6.07, 6.45) is 0. The molecule has 0 aliphatic carbocycles. The molecule has 1 unspecified atom stereocenters. The maximum atomic E-state index is 13.0. The fourth-order valence-electron chi connectivity index (χ4n) is 2.63. The van der Waals surface area contributed by atoms with Gasteiger partial charge in [-0.15, -0.1) is 0 Å². The van der Waals surface area contributed by atoms with Gasteiger partial charge in [0.15, 0.2) is 11.5 Å². The van der Waals surface area contributed by atoms with Gasteiger partial charge >= 0.3 is 11.9 Å². The van der Waals surface area contributed by atoms with Crippen LogP contribution < -0.4 is 10.1 Å². The summed E-state index contributed by atoms with van der Waals surface area (Å²) in [5.41, 5.74) is 0.629. The lowest BCUT2D eigenvalue weighted by Gasteiger charge is -2.14. The van der Waals surface area contributed by atoms with E-state index in [0.717, 1.165) is 0 Å². The third kappa shape index (κ3) is 5.53. The Morgan fingerprint density at radius 1 is 0.935 bits per heavy atom. The molecule has 0 amide bonds. The van der Waals surface area contributed by atoms with E-state index in [1.54, 1.807) is 31.2 Å². The molecule has 0 aliphatic rings. The van der Waals surface area contributed by atoms with Crippen molar-refractivity contribution in [2.24, 2.45) is 0 Å². The molecule has 3 rings (SSSR count). The van der Waals surface area contributed by atoms with E-state index in [0.29, 0.717) is 17.1 Å². The van der Waals surface area contributed by atoms with Crippen LogP contribution in [0.4, 0.5) is 10.2 Å². The molecule has 1 aromatic heterocycles. The van der Waals surface area contributed by atoms with E-state index in [2.05, 4.69) is 15.3 Å². The maximum Gasteiger partial charge on any atom is 0.356 e. The Kier molecular flexibility index (Phi) is 6.76. The van der Waals surface area contributed by atoms with Crippen LogP contribution in [0.2, 0.25) is 0 Å². The summed E-state index contributed by atoms with van der Waals surface area (Å²) in [6.45, 7) is 1.60. The van der Waals surface area contributed by atoms with Crippen LogP contribution in [0.25, 0.3) is 11.4 Å². The number of esters is 2. The van der Waals surface area contributed by atoms with Crippen molar-refractivity contribution in [1.29, 1.82) is 0 Å². The van der Waals surface area contributed by atoms with Crippen molar-refractivity contribution in [3.63, 3.8) is 0 Å². The first kappa shape index (κ1) is 21.7. The van der Waals surface area contributed by atoms with E-state index in [4.69, 9.17) is 14.2 Å². The smallest absolute Gasteiger partial charge is 0.356 e. The maximum absolute atomic E-state index is 13.0. The highest BCUT2D eigenvalue weighted by molar-refractivity contribution is 5.89. The number of nitrogens with one attached hydrogen (secondary N) is 1. The number of carbonyl (C=O) groups is 2. The summed E-state index contributed by atoms with van der Waals surface area (Å²) in [5.74, 6) is 0.0382. The lowest BCUT2D eigenvalue weighted by atomic mass is 10.2. The summed E-state index contributed by atoms with van der Waals surface area (Å²) >= 11 is 0. The second-order valence-electron chi connectivity index (χ2n) is 6.42. The normalized spacial score (nSPS) is 11.4. The number of aromatic nitrogens is 2. The summed E-state index contributed by atoms with van der Waals surface area (Å²) in [6, 6.07) is 13.2.